The first-order valence-electron chi connectivity index (χ1n) is 4.19. The van der Waals surface area contributed by atoms with Gasteiger partial charge < -0.3 is 5.32 Å². The summed E-state index contributed by atoms with van der Waals surface area (Å²) >= 11 is 0. The molecule has 0 unspecified atom stereocenters. The van der Waals surface area contributed by atoms with Crippen molar-refractivity contribution in [1.82, 2.24) is 5.32 Å². The van der Waals surface area contributed by atoms with Gasteiger partial charge in [0.25, 0.3) is 0 Å². The molecule has 1 aliphatic heterocycles. The lowest BCUT2D eigenvalue weighted by Crippen LogP contribution is -2.30. The Kier molecular flexibility index (Phi) is 1.01. The largest absolute Gasteiger partial charge is 0.364 e. The van der Waals surface area contributed by atoms with Crippen molar-refractivity contribution in [3.05, 3.63) is 46.5 Å². The Labute approximate surface area is 70.7 Å². The molecule has 0 amide bonds. The summed E-state index contributed by atoms with van der Waals surface area (Å²) in [5, 5.41) is 6.00. The molecule has 0 fully saturated rings. The Morgan fingerprint density at radius 1 is 1.17 bits per heavy atom. The summed E-state index contributed by atoms with van der Waals surface area (Å²) < 4.78 is 0. The Balaban J connectivity index is 2.55. The van der Waals surface area contributed by atoms with Crippen LogP contribution in [0.15, 0.2) is 36.0 Å². The van der Waals surface area contributed by atoms with Gasteiger partial charge in [-0.3, -0.25) is 0 Å². The molecule has 58 valence electrons. The third-order valence-corrected chi connectivity index (χ3v) is 2.44. The van der Waals surface area contributed by atoms with Crippen LogP contribution in [0, 0.1) is 0 Å². The average Bonchev–Trinajstić information content (AvgIpc) is 2.49. The van der Waals surface area contributed by atoms with Crippen LogP contribution in [0.1, 0.15) is 6.42 Å². The van der Waals surface area contributed by atoms with Crippen molar-refractivity contribution in [1.29, 1.82) is 0 Å². The van der Waals surface area contributed by atoms with Gasteiger partial charge >= 0.3 is 0 Å². The maximum atomic E-state index is 3.30. The predicted molar refractivity (Wildman–Crippen MR) is 49.4 cm³/mol. The van der Waals surface area contributed by atoms with Crippen LogP contribution in [0.4, 0.5) is 0 Å². The van der Waals surface area contributed by atoms with E-state index >= 15 is 0 Å². The van der Waals surface area contributed by atoms with Crippen LogP contribution in [0.5, 0.6) is 0 Å². The van der Waals surface area contributed by atoms with Crippen molar-refractivity contribution < 1.29 is 0 Å². The molecule has 0 aromatic heterocycles. The van der Waals surface area contributed by atoms with Gasteiger partial charge in [-0.1, -0.05) is 24.3 Å². The second-order valence-corrected chi connectivity index (χ2v) is 3.25. The molecule has 2 bridgehead atoms. The van der Waals surface area contributed by atoms with Gasteiger partial charge in [-0.2, -0.15) is 0 Å². The van der Waals surface area contributed by atoms with Gasteiger partial charge in [-0.15, -0.1) is 0 Å². The molecule has 1 aromatic rings. The fourth-order valence-electron chi connectivity index (χ4n) is 1.85. The summed E-state index contributed by atoms with van der Waals surface area (Å²) in [6.07, 6.45) is 5.42. The molecule has 12 heavy (non-hydrogen) atoms. The van der Waals surface area contributed by atoms with Crippen molar-refractivity contribution in [3.8, 4) is 0 Å². The summed E-state index contributed by atoms with van der Waals surface area (Å²) in [7, 11) is 0. The topological polar surface area (TPSA) is 12.0 Å². The molecular weight excluding hydrogens is 146 g/mol. The molecule has 2 aliphatic rings. The minimum atomic E-state index is 1.08. The standard InChI is InChI=1S/C11H9N/c1-2-4-10-9(3-1)5-8-6-11(10)12-7-8/h1-5,7,12H,6H2. The van der Waals surface area contributed by atoms with Crippen molar-refractivity contribution in [3.63, 3.8) is 0 Å². The number of benzene rings is 1. The van der Waals surface area contributed by atoms with E-state index in [-0.39, 0.29) is 0 Å². The maximum Gasteiger partial charge on any atom is 0.0271 e. The van der Waals surface area contributed by atoms with Crippen molar-refractivity contribution in [2.24, 2.45) is 0 Å². The summed E-state index contributed by atoms with van der Waals surface area (Å²) in [5.74, 6) is 0. The van der Waals surface area contributed by atoms with E-state index in [0.29, 0.717) is 0 Å². The number of fused-ring (bicyclic) bond motifs is 3. The smallest absolute Gasteiger partial charge is 0.0271 e. The van der Waals surface area contributed by atoms with Gasteiger partial charge in [0.1, 0.15) is 0 Å². The van der Waals surface area contributed by atoms with Gasteiger partial charge in [0, 0.05) is 23.5 Å². The fourth-order valence-corrected chi connectivity index (χ4v) is 1.85. The lowest BCUT2D eigenvalue weighted by atomic mass is 10.0. The molecule has 3 rings (SSSR count). The van der Waals surface area contributed by atoms with E-state index in [1.54, 1.807) is 0 Å². The quantitative estimate of drug-likeness (QED) is 0.574. The summed E-state index contributed by atoms with van der Waals surface area (Å²) in [6, 6.07) is 8.51. The monoisotopic (exact) mass is 155 g/mol. The minimum absolute atomic E-state index is 1.08. The van der Waals surface area contributed by atoms with E-state index in [1.807, 2.05) is 0 Å². The maximum absolute atomic E-state index is 3.30. The molecule has 1 heterocycles. The van der Waals surface area contributed by atoms with Gasteiger partial charge in [-0.25, -0.2) is 0 Å². The second kappa shape index (κ2) is 2.01. The Morgan fingerprint density at radius 2 is 2.08 bits per heavy atom. The third-order valence-electron chi connectivity index (χ3n) is 2.44. The number of rotatable bonds is 0. The molecule has 0 atom stereocenters. The SMILES string of the molecule is C1=C2C=c3ccccc3=C(C2)N1. The lowest BCUT2D eigenvalue weighted by Gasteiger charge is -2.03. The molecule has 1 aromatic carbocycles. The molecule has 0 spiro atoms. The highest BCUT2D eigenvalue weighted by molar-refractivity contribution is 5.66. The van der Waals surface area contributed by atoms with Crippen molar-refractivity contribution in [2.45, 2.75) is 6.42 Å². The zero-order valence-corrected chi connectivity index (χ0v) is 6.67. The van der Waals surface area contributed by atoms with E-state index in [2.05, 4.69) is 41.9 Å². The van der Waals surface area contributed by atoms with Crippen LogP contribution >= 0.6 is 0 Å². The van der Waals surface area contributed by atoms with Gasteiger partial charge in [0.15, 0.2) is 0 Å². The summed E-state index contributed by atoms with van der Waals surface area (Å²) in [5.41, 5.74) is 2.74. The molecule has 0 saturated heterocycles. The highest BCUT2D eigenvalue weighted by Crippen LogP contribution is 2.17. The van der Waals surface area contributed by atoms with Gasteiger partial charge in [-0.05, 0) is 16.9 Å². The first-order valence-corrected chi connectivity index (χ1v) is 4.19. The zero-order valence-electron chi connectivity index (χ0n) is 6.67. The van der Waals surface area contributed by atoms with E-state index in [9.17, 15) is 0 Å². The summed E-state index contributed by atoms with van der Waals surface area (Å²) in [6.45, 7) is 0. The van der Waals surface area contributed by atoms with Crippen molar-refractivity contribution in [2.75, 3.05) is 0 Å². The highest BCUT2D eigenvalue weighted by Gasteiger charge is 2.11. The van der Waals surface area contributed by atoms with Gasteiger partial charge in [0.05, 0.1) is 0 Å². The summed E-state index contributed by atoms with van der Waals surface area (Å²) in [4.78, 5) is 0. The van der Waals surface area contributed by atoms with E-state index in [4.69, 9.17) is 0 Å². The van der Waals surface area contributed by atoms with Gasteiger partial charge in [0.2, 0.25) is 0 Å². The average molecular weight is 155 g/mol. The Morgan fingerprint density at radius 3 is 3.08 bits per heavy atom. The van der Waals surface area contributed by atoms with Crippen LogP contribution in [0.25, 0.3) is 11.8 Å². The van der Waals surface area contributed by atoms with Crippen LogP contribution in [-0.2, 0) is 0 Å². The zero-order chi connectivity index (χ0) is 7.97. The number of hydrogen-bond donors (Lipinski definition) is 1. The number of nitrogens with one attached hydrogen (secondary N) is 1. The normalized spacial score (nSPS) is 17.7. The Hall–Kier alpha value is -1.50. The highest BCUT2D eigenvalue weighted by atomic mass is 14.9. The first-order chi connectivity index (χ1) is 5.93. The number of hydrogen-bond acceptors (Lipinski definition) is 1. The van der Waals surface area contributed by atoms with Crippen LogP contribution in [0.2, 0.25) is 0 Å². The molecule has 1 N–H and O–H groups in total. The van der Waals surface area contributed by atoms with Crippen LogP contribution in [-0.4, -0.2) is 0 Å². The molecule has 1 aliphatic carbocycles. The molecule has 0 radical (unpaired) electrons. The lowest BCUT2D eigenvalue weighted by molar-refractivity contribution is 1.18. The van der Waals surface area contributed by atoms with Crippen LogP contribution < -0.4 is 15.8 Å². The molecule has 1 heteroatoms. The third kappa shape index (κ3) is 0.681. The predicted octanol–water partition coefficient (Wildman–Crippen LogP) is 0.466. The second-order valence-electron chi connectivity index (χ2n) is 3.25. The first kappa shape index (κ1) is 6.06. The van der Waals surface area contributed by atoms with E-state index < -0.39 is 0 Å². The van der Waals surface area contributed by atoms with E-state index in [0.717, 1.165) is 6.42 Å². The van der Waals surface area contributed by atoms with E-state index in [1.165, 1.54) is 21.7 Å². The molecule has 1 nitrogen and oxygen atoms in total. The fraction of sp³-hybridized carbons (Fsp3) is 0.0909. The minimum Gasteiger partial charge on any atom is -0.364 e. The molecule has 0 saturated carbocycles. The molecular formula is C11H9N. The van der Waals surface area contributed by atoms with Crippen molar-refractivity contribution >= 4 is 11.8 Å². The van der Waals surface area contributed by atoms with Crippen LogP contribution in [0.3, 0.4) is 0 Å². The Bertz CT molecular complexity index is 480.